The molecule has 0 saturated heterocycles. The Morgan fingerprint density at radius 2 is 1.77 bits per heavy atom. The topological polar surface area (TPSA) is 63.3 Å². The summed E-state index contributed by atoms with van der Waals surface area (Å²) < 4.78 is 34.6. The van der Waals surface area contributed by atoms with Crippen molar-refractivity contribution in [1.29, 1.82) is 0 Å². The molecule has 0 N–H and O–H groups in total. The predicted octanol–water partition coefficient (Wildman–Crippen LogP) is 1.38. The normalized spacial score (nSPS) is 10.8. The molecule has 0 aliphatic rings. The van der Waals surface area contributed by atoms with Crippen molar-refractivity contribution in [3.05, 3.63) is 36.4 Å². The van der Waals surface area contributed by atoms with Gasteiger partial charge in [0.05, 0.1) is 0 Å². The van der Waals surface area contributed by atoms with E-state index in [0.29, 0.717) is 0 Å². The molecule has 0 atom stereocenters. The Labute approximate surface area is 76.4 Å². The van der Waals surface area contributed by atoms with Crippen molar-refractivity contribution in [2.24, 2.45) is 0 Å². The van der Waals surface area contributed by atoms with Crippen LogP contribution in [-0.4, -0.2) is 8.42 Å². The van der Waals surface area contributed by atoms with Gasteiger partial charge in [-0.1, -0.05) is 29.3 Å². The second kappa shape index (κ2) is 3.59. The van der Waals surface area contributed by atoms with E-state index in [1.807, 2.05) is 0 Å². The maximum absolute atomic E-state index is 10.2. The first-order valence-electron chi connectivity index (χ1n) is 3.39. The van der Waals surface area contributed by atoms with Gasteiger partial charge in [0.1, 0.15) is 5.75 Å². The fraction of sp³-hybridized carbons (Fsp3) is 0. The van der Waals surface area contributed by atoms with Crippen molar-refractivity contribution in [2.45, 2.75) is 0 Å². The van der Waals surface area contributed by atoms with Gasteiger partial charge >= 0.3 is 10.4 Å². The molecule has 13 heavy (non-hydrogen) atoms. The molecule has 0 aromatic heterocycles. The third-order valence-corrected chi connectivity index (χ3v) is 1.71. The quantitative estimate of drug-likeness (QED) is 0.738. The summed E-state index contributed by atoms with van der Waals surface area (Å²) in [6, 6.07) is 5.94. The first-order chi connectivity index (χ1) is 6.01. The minimum Gasteiger partial charge on any atom is -0.360 e. The van der Waals surface area contributed by atoms with Crippen LogP contribution in [-0.2, 0) is 15.0 Å². The lowest BCUT2D eigenvalue weighted by Crippen LogP contribution is -2.04. The summed E-state index contributed by atoms with van der Waals surface area (Å²) in [6.45, 7) is 3.51. The molecule has 5 heteroatoms. The van der Waals surface area contributed by atoms with Crippen LogP contribution in [0.3, 0.4) is 0 Å². The molecule has 1 aromatic carbocycles. The summed E-state index contributed by atoms with van der Waals surface area (Å²) >= 11 is 0. The summed E-state index contributed by atoms with van der Waals surface area (Å²) in [6.07, 6.45) is 1.59. The van der Waals surface area contributed by atoms with Crippen molar-refractivity contribution in [3.8, 4) is 5.75 Å². The van der Waals surface area contributed by atoms with Crippen LogP contribution in [0.4, 0.5) is 0 Å². The van der Waals surface area contributed by atoms with Crippen LogP contribution in [0.15, 0.2) is 30.8 Å². The van der Waals surface area contributed by atoms with Crippen LogP contribution < -0.4 is 4.18 Å². The molecule has 1 radical (unpaired) electrons. The highest BCUT2D eigenvalue weighted by atomic mass is 32.3. The SMILES string of the molecule is C=Cc1ccc(OS([O])(=O)=O)cc1. The molecule has 1 rings (SSSR count). The van der Waals surface area contributed by atoms with Gasteiger partial charge in [-0.3, -0.25) is 0 Å². The van der Waals surface area contributed by atoms with E-state index in [2.05, 4.69) is 10.8 Å². The monoisotopic (exact) mass is 199 g/mol. The number of benzene rings is 1. The fourth-order valence-corrected chi connectivity index (χ4v) is 1.12. The van der Waals surface area contributed by atoms with E-state index in [-0.39, 0.29) is 5.75 Å². The summed E-state index contributed by atoms with van der Waals surface area (Å²) in [5, 5.41) is 0. The lowest BCUT2D eigenvalue weighted by Gasteiger charge is -1.99. The van der Waals surface area contributed by atoms with E-state index in [0.717, 1.165) is 5.56 Å². The second-order valence-corrected chi connectivity index (χ2v) is 3.25. The van der Waals surface area contributed by atoms with Gasteiger partial charge in [-0.15, -0.1) is 0 Å². The van der Waals surface area contributed by atoms with Crippen LogP contribution in [0.2, 0.25) is 0 Å². The summed E-state index contributed by atoms with van der Waals surface area (Å²) in [4.78, 5) is 0. The Morgan fingerprint density at radius 3 is 2.15 bits per heavy atom. The maximum Gasteiger partial charge on any atom is 0.477 e. The van der Waals surface area contributed by atoms with Gasteiger partial charge in [0.2, 0.25) is 0 Å². The van der Waals surface area contributed by atoms with Crippen molar-refractivity contribution >= 4 is 16.5 Å². The molecule has 0 amide bonds. The lowest BCUT2D eigenvalue weighted by molar-refractivity contribution is 0.337. The molecule has 0 spiro atoms. The van der Waals surface area contributed by atoms with E-state index < -0.39 is 10.4 Å². The van der Waals surface area contributed by atoms with Crippen molar-refractivity contribution in [3.63, 3.8) is 0 Å². The fourth-order valence-electron chi connectivity index (χ4n) is 0.777. The maximum atomic E-state index is 10.2. The van der Waals surface area contributed by atoms with E-state index in [9.17, 15) is 13.0 Å². The molecular weight excluding hydrogens is 192 g/mol. The first kappa shape index (κ1) is 9.76. The standard InChI is InChI=1S/C8H7O4S/c1-2-7-3-5-8(6-4-7)12-13(9,10)11/h2-6H,1H2. The van der Waals surface area contributed by atoms with E-state index in [4.69, 9.17) is 0 Å². The number of rotatable bonds is 3. The number of hydrogen-bond donors (Lipinski definition) is 0. The van der Waals surface area contributed by atoms with E-state index >= 15 is 0 Å². The Hall–Kier alpha value is -1.33. The zero-order valence-corrected chi connectivity index (χ0v) is 7.45. The minimum absolute atomic E-state index is 0.000556. The average Bonchev–Trinajstić information content (AvgIpc) is 2.03. The molecule has 0 unspecified atom stereocenters. The third kappa shape index (κ3) is 3.27. The van der Waals surface area contributed by atoms with E-state index in [1.54, 1.807) is 18.2 Å². The Kier molecular flexibility index (Phi) is 2.69. The van der Waals surface area contributed by atoms with Crippen LogP contribution >= 0.6 is 0 Å². The van der Waals surface area contributed by atoms with Crippen molar-refractivity contribution in [1.82, 2.24) is 0 Å². The zero-order valence-electron chi connectivity index (χ0n) is 6.64. The molecule has 4 nitrogen and oxygen atoms in total. The molecule has 0 heterocycles. The molecule has 69 valence electrons. The van der Waals surface area contributed by atoms with Gasteiger partial charge in [0.15, 0.2) is 0 Å². The Bertz CT molecular complexity index is 391. The van der Waals surface area contributed by atoms with Crippen LogP contribution in [0.1, 0.15) is 5.56 Å². The highest BCUT2D eigenvalue weighted by Gasteiger charge is 2.07. The summed E-state index contributed by atoms with van der Waals surface area (Å²) in [5.41, 5.74) is 0.815. The van der Waals surface area contributed by atoms with Gasteiger partial charge in [-0.05, 0) is 17.7 Å². The van der Waals surface area contributed by atoms with E-state index in [1.165, 1.54) is 12.1 Å². The molecule has 0 bridgehead atoms. The van der Waals surface area contributed by atoms with Gasteiger partial charge in [-0.25, -0.2) is 0 Å². The molecule has 1 aromatic rings. The lowest BCUT2D eigenvalue weighted by atomic mass is 10.2. The summed E-state index contributed by atoms with van der Waals surface area (Å²) in [7, 11) is -4.67. The highest BCUT2D eigenvalue weighted by Crippen LogP contribution is 2.14. The predicted molar refractivity (Wildman–Crippen MR) is 46.8 cm³/mol. The van der Waals surface area contributed by atoms with Crippen LogP contribution in [0.25, 0.3) is 6.08 Å². The third-order valence-electron chi connectivity index (χ3n) is 1.31. The number of hydrogen-bond acceptors (Lipinski definition) is 3. The largest absolute Gasteiger partial charge is 0.477 e. The van der Waals surface area contributed by atoms with Gasteiger partial charge < -0.3 is 4.18 Å². The van der Waals surface area contributed by atoms with Crippen molar-refractivity contribution in [2.75, 3.05) is 0 Å². The van der Waals surface area contributed by atoms with Crippen LogP contribution in [0.5, 0.6) is 5.75 Å². The summed E-state index contributed by atoms with van der Waals surface area (Å²) in [5.74, 6) is 0.000556. The minimum atomic E-state index is -4.67. The van der Waals surface area contributed by atoms with Gasteiger partial charge in [-0.2, -0.15) is 8.42 Å². The van der Waals surface area contributed by atoms with Gasteiger partial charge in [0.25, 0.3) is 0 Å². The molecule has 0 aliphatic heterocycles. The van der Waals surface area contributed by atoms with Crippen LogP contribution in [0, 0.1) is 0 Å². The smallest absolute Gasteiger partial charge is 0.360 e. The Morgan fingerprint density at radius 1 is 1.23 bits per heavy atom. The van der Waals surface area contributed by atoms with Crippen molar-refractivity contribution < 1.29 is 17.2 Å². The first-order valence-corrected chi connectivity index (χ1v) is 4.72. The second-order valence-electron chi connectivity index (χ2n) is 2.26. The molecular formula is C8H7O4S. The average molecular weight is 199 g/mol. The highest BCUT2D eigenvalue weighted by molar-refractivity contribution is 7.81. The molecule has 0 saturated carbocycles. The molecule has 0 fully saturated rings. The zero-order chi connectivity index (χ0) is 9.90. The molecule has 0 aliphatic carbocycles. The Balaban J connectivity index is 2.87. The van der Waals surface area contributed by atoms with Gasteiger partial charge in [0, 0.05) is 0 Å².